The average Bonchev–Trinajstić information content (AvgIpc) is 3.24. The predicted molar refractivity (Wildman–Crippen MR) is 88.3 cm³/mol. The zero-order valence-electron chi connectivity index (χ0n) is 12.3. The van der Waals surface area contributed by atoms with Gasteiger partial charge in [0, 0.05) is 32.4 Å². The second-order valence-electron chi connectivity index (χ2n) is 5.31. The fourth-order valence-corrected chi connectivity index (χ4v) is 3.51. The largest absolute Gasteiger partial charge is 0.476 e. The maximum Gasteiger partial charge on any atom is 0.356 e. The number of carboxylic acids is 1. The topological polar surface area (TPSA) is 82.8 Å². The lowest BCUT2D eigenvalue weighted by molar-refractivity contribution is 0.0691. The van der Waals surface area contributed by atoms with E-state index in [0.717, 1.165) is 42.6 Å². The van der Waals surface area contributed by atoms with Gasteiger partial charge in [-0.1, -0.05) is 6.07 Å². The Kier molecular flexibility index (Phi) is 3.47. The Labute approximate surface area is 136 Å². The van der Waals surface area contributed by atoms with Gasteiger partial charge in [-0.05, 0) is 11.4 Å². The summed E-state index contributed by atoms with van der Waals surface area (Å²) in [7, 11) is 0. The summed E-state index contributed by atoms with van der Waals surface area (Å²) in [5.74, 6) is -0.295. The maximum atomic E-state index is 11.3. The van der Waals surface area contributed by atoms with E-state index in [0.29, 0.717) is 5.65 Å². The van der Waals surface area contributed by atoms with Crippen LogP contribution >= 0.6 is 11.3 Å². The van der Waals surface area contributed by atoms with Gasteiger partial charge in [0.05, 0.1) is 16.8 Å². The lowest BCUT2D eigenvalue weighted by atomic mass is 10.3. The summed E-state index contributed by atoms with van der Waals surface area (Å²) in [6.45, 7) is 3.42. The smallest absolute Gasteiger partial charge is 0.356 e. The Morgan fingerprint density at radius 3 is 2.87 bits per heavy atom. The van der Waals surface area contributed by atoms with E-state index in [4.69, 9.17) is 0 Å². The first-order valence-corrected chi connectivity index (χ1v) is 8.23. The van der Waals surface area contributed by atoms with Gasteiger partial charge in [-0.3, -0.25) is 4.40 Å². The molecule has 23 heavy (non-hydrogen) atoms. The first kappa shape index (κ1) is 14.2. The van der Waals surface area contributed by atoms with Crippen molar-refractivity contribution in [3.05, 3.63) is 35.6 Å². The van der Waals surface area contributed by atoms with E-state index in [1.165, 1.54) is 0 Å². The van der Waals surface area contributed by atoms with E-state index >= 15 is 0 Å². The molecule has 1 aliphatic heterocycles. The lowest BCUT2D eigenvalue weighted by Crippen LogP contribution is -2.44. The van der Waals surface area contributed by atoms with Crippen molar-refractivity contribution >= 4 is 28.8 Å². The van der Waals surface area contributed by atoms with Crippen molar-refractivity contribution in [2.24, 2.45) is 0 Å². The molecule has 0 bridgehead atoms. The molecule has 4 heterocycles. The third-order valence-corrected chi connectivity index (χ3v) is 4.78. The predicted octanol–water partition coefficient (Wildman–Crippen LogP) is 1.57. The van der Waals surface area contributed by atoms with E-state index < -0.39 is 5.97 Å². The van der Waals surface area contributed by atoms with Crippen LogP contribution in [0.2, 0.25) is 0 Å². The van der Waals surface area contributed by atoms with E-state index in [9.17, 15) is 9.90 Å². The molecule has 0 unspecified atom stereocenters. The number of hydrogen-bond acceptors (Lipinski definition) is 6. The van der Waals surface area contributed by atoms with Crippen LogP contribution in [0, 0.1) is 0 Å². The fraction of sp³-hybridized carbons (Fsp3) is 0.267. The molecule has 7 nitrogen and oxygen atoms in total. The van der Waals surface area contributed by atoms with Crippen molar-refractivity contribution in [1.29, 1.82) is 0 Å². The van der Waals surface area contributed by atoms with Crippen LogP contribution in [-0.2, 0) is 0 Å². The van der Waals surface area contributed by atoms with E-state index in [1.807, 2.05) is 21.9 Å². The van der Waals surface area contributed by atoms with Crippen LogP contribution in [0.5, 0.6) is 0 Å². The van der Waals surface area contributed by atoms with E-state index in [1.54, 1.807) is 23.7 Å². The fourth-order valence-electron chi connectivity index (χ4n) is 2.77. The third-order valence-electron chi connectivity index (χ3n) is 3.88. The Morgan fingerprint density at radius 2 is 2.17 bits per heavy atom. The first-order chi connectivity index (χ1) is 11.2. The maximum absolute atomic E-state index is 11.3. The molecule has 118 valence electrons. The molecule has 3 aromatic rings. The van der Waals surface area contributed by atoms with Crippen molar-refractivity contribution in [3.63, 3.8) is 0 Å². The number of nitrogens with one attached hydrogen (secondary N) is 1. The number of piperazine rings is 1. The van der Waals surface area contributed by atoms with Gasteiger partial charge in [0.15, 0.2) is 17.2 Å². The van der Waals surface area contributed by atoms with Gasteiger partial charge in [0.25, 0.3) is 0 Å². The highest BCUT2D eigenvalue weighted by Crippen LogP contribution is 2.29. The number of aromatic carboxylic acids is 1. The zero-order chi connectivity index (χ0) is 15.8. The van der Waals surface area contributed by atoms with Crippen molar-refractivity contribution in [2.75, 3.05) is 31.1 Å². The van der Waals surface area contributed by atoms with Gasteiger partial charge in [-0.15, -0.1) is 11.3 Å². The Morgan fingerprint density at radius 1 is 1.35 bits per heavy atom. The van der Waals surface area contributed by atoms with Crippen molar-refractivity contribution in [1.82, 2.24) is 19.7 Å². The number of aromatic nitrogens is 3. The molecule has 0 radical (unpaired) electrons. The molecule has 0 aromatic carbocycles. The monoisotopic (exact) mass is 329 g/mol. The van der Waals surface area contributed by atoms with Crippen LogP contribution < -0.4 is 10.2 Å². The van der Waals surface area contributed by atoms with Crippen LogP contribution in [0.25, 0.3) is 16.2 Å². The van der Waals surface area contributed by atoms with Gasteiger partial charge in [-0.2, -0.15) is 0 Å². The number of anilines is 1. The molecule has 2 N–H and O–H groups in total. The lowest BCUT2D eigenvalue weighted by Gasteiger charge is -2.28. The molecule has 0 atom stereocenters. The normalized spacial score (nSPS) is 15.2. The van der Waals surface area contributed by atoms with Gasteiger partial charge in [0.1, 0.15) is 0 Å². The number of hydrogen-bond donors (Lipinski definition) is 2. The van der Waals surface area contributed by atoms with Crippen LogP contribution in [0.3, 0.4) is 0 Å². The van der Waals surface area contributed by atoms with Crippen molar-refractivity contribution < 1.29 is 9.90 Å². The molecule has 3 aromatic heterocycles. The van der Waals surface area contributed by atoms with Gasteiger partial charge in [0.2, 0.25) is 0 Å². The highest BCUT2D eigenvalue weighted by molar-refractivity contribution is 7.13. The SMILES string of the molecule is O=C(O)c1cn2c(-c3cccs3)cnc(N3CCNCC3)c2n1. The number of imidazole rings is 1. The summed E-state index contributed by atoms with van der Waals surface area (Å²) >= 11 is 1.59. The summed E-state index contributed by atoms with van der Waals surface area (Å²) in [5, 5.41) is 14.6. The number of nitrogens with zero attached hydrogens (tertiary/aromatic N) is 4. The van der Waals surface area contributed by atoms with Gasteiger partial charge in [-0.25, -0.2) is 14.8 Å². The molecular formula is C15H15N5O2S. The van der Waals surface area contributed by atoms with Gasteiger partial charge < -0.3 is 15.3 Å². The van der Waals surface area contributed by atoms with Crippen LogP contribution in [-0.4, -0.2) is 51.6 Å². The number of carbonyl (C=O) groups is 1. The molecular weight excluding hydrogens is 314 g/mol. The number of thiophene rings is 1. The molecule has 1 fully saturated rings. The Hall–Kier alpha value is -2.45. The average molecular weight is 329 g/mol. The quantitative estimate of drug-likeness (QED) is 0.759. The minimum atomic E-state index is -1.03. The zero-order valence-corrected chi connectivity index (χ0v) is 13.1. The molecule has 8 heteroatoms. The summed E-state index contributed by atoms with van der Waals surface area (Å²) < 4.78 is 1.83. The third kappa shape index (κ3) is 2.45. The molecule has 0 spiro atoms. The highest BCUT2D eigenvalue weighted by atomic mass is 32.1. The highest BCUT2D eigenvalue weighted by Gasteiger charge is 2.21. The molecule has 1 aliphatic rings. The second-order valence-corrected chi connectivity index (χ2v) is 6.25. The van der Waals surface area contributed by atoms with Crippen molar-refractivity contribution in [2.45, 2.75) is 0 Å². The van der Waals surface area contributed by atoms with Crippen LogP contribution in [0.15, 0.2) is 29.9 Å². The second kappa shape index (κ2) is 5.64. The summed E-state index contributed by atoms with van der Waals surface area (Å²) in [4.78, 5) is 23.4. The molecule has 0 aliphatic carbocycles. The van der Waals surface area contributed by atoms with Crippen molar-refractivity contribution in [3.8, 4) is 10.6 Å². The standard InChI is InChI=1S/C15H15N5O2S/c21-15(22)10-9-20-11(12-2-1-7-23-12)8-17-13(14(20)18-10)19-5-3-16-4-6-19/h1-2,7-9,16H,3-6H2,(H,21,22). The molecule has 0 amide bonds. The first-order valence-electron chi connectivity index (χ1n) is 7.35. The Balaban J connectivity index is 1.91. The number of fused-ring (bicyclic) bond motifs is 1. The minimum Gasteiger partial charge on any atom is -0.476 e. The molecule has 4 rings (SSSR count). The Bertz CT molecular complexity index is 852. The number of rotatable bonds is 3. The van der Waals surface area contributed by atoms with E-state index in [2.05, 4.69) is 20.2 Å². The van der Waals surface area contributed by atoms with Crippen LogP contribution in [0.4, 0.5) is 5.82 Å². The number of carboxylic acid groups (broad SMARTS) is 1. The summed E-state index contributed by atoms with van der Waals surface area (Å²) in [5.41, 5.74) is 1.48. The van der Waals surface area contributed by atoms with Crippen LogP contribution in [0.1, 0.15) is 10.5 Å². The summed E-state index contributed by atoms with van der Waals surface area (Å²) in [6, 6.07) is 3.96. The minimum absolute atomic E-state index is 0.0344. The molecule has 0 saturated carbocycles. The van der Waals surface area contributed by atoms with E-state index in [-0.39, 0.29) is 5.69 Å². The molecule has 1 saturated heterocycles. The summed E-state index contributed by atoms with van der Waals surface area (Å²) in [6.07, 6.45) is 3.36. The van der Waals surface area contributed by atoms with Gasteiger partial charge >= 0.3 is 5.97 Å².